The van der Waals surface area contributed by atoms with Crippen LogP contribution in [-0.2, 0) is 0 Å². The van der Waals surface area contributed by atoms with Gasteiger partial charge >= 0.3 is 0 Å². The molecule has 4 atom stereocenters. The Kier molecular flexibility index (Phi) is 5.28. The lowest BCUT2D eigenvalue weighted by atomic mass is 9.97. The Labute approximate surface area is 184 Å². The molecule has 5 rings (SSSR count). The number of piperidine rings is 1. The first-order valence-corrected chi connectivity index (χ1v) is 10.6. The molecule has 1 saturated heterocycles. The number of likely N-dealkylation sites (tertiary alicyclic amines) is 1. The summed E-state index contributed by atoms with van der Waals surface area (Å²) in [6.45, 7) is 2.07. The van der Waals surface area contributed by atoms with Crippen LogP contribution in [0.1, 0.15) is 42.1 Å². The van der Waals surface area contributed by atoms with Crippen molar-refractivity contribution in [2.45, 2.75) is 44.4 Å². The largest absolute Gasteiger partial charge is 0.472 e. The van der Waals surface area contributed by atoms with Crippen molar-refractivity contribution in [3.8, 4) is 17.3 Å². The minimum Gasteiger partial charge on any atom is -0.472 e. The van der Waals surface area contributed by atoms with Gasteiger partial charge in [-0.3, -0.25) is 4.79 Å². The van der Waals surface area contributed by atoms with Gasteiger partial charge in [0.1, 0.15) is 6.10 Å². The molecular weight excluding hydrogens is 414 g/mol. The van der Waals surface area contributed by atoms with E-state index in [1.165, 1.54) is 12.1 Å². The lowest BCUT2D eigenvalue weighted by Crippen LogP contribution is -2.51. The van der Waals surface area contributed by atoms with Crippen molar-refractivity contribution in [2.75, 3.05) is 0 Å². The molecule has 1 aromatic carbocycles. The van der Waals surface area contributed by atoms with Crippen molar-refractivity contribution >= 4 is 5.91 Å². The fourth-order valence-electron chi connectivity index (χ4n) is 4.88. The molecule has 2 bridgehead atoms. The molecule has 1 aliphatic heterocycles. The summed E-state index contributed by atoms with van der Waals surface area (Å²) in [5, 5.41) is 0. The van der Waals surface area contributed by atoms with Gasteiger partial charge in [-0.25, -0.2) is 23.7 Å². The number of aromatic nitrogens is 3. The third-order valence-corrected chi connectivity index (χ3v) is 6.47. The van der Waals surface area contributed by atoms with Crippen molar-refractivity contribution in [3.05, 3.63) is 72.2 Å². The fourth-order valence-corrected chi connectivity index (χ4v) is 4.88. The predicted molar refractivity (Wildman–Crippen MR) is 113 cm³/mol. The number of ether oxygens (including phenoxy) is 1. The molecule has 0 N–H and O–H groups in total. The maximum absolute atomic E-state index is 13.7. The van der Waals surface area contributed by atoms with E-state index in [0.717, 1.165) is 19.0 Å². The monoisotopic (exact) mass is 436 g/mol. The summed E-state index contributed by atoms with van der Waals surface area (Å²) in [6.07, 6.45) is 3.29. The number of amides is 1. The van der Waals surface area contributed by atoms with E-state index < -0.39 is 6.43 Å². The van der Waals surface area contributed by atoms with Crippen molar-refractivity contribution in [2.24, 2.45) is 5.92 Å². The molecule has 6 nitrogen and oxygen atoms in total. The molecule has 1 amide bonds. The Hall–Kier alpha value is -3.42. The van der Waals surface area contributed by atoms with Crippen LogP contribution in [0.5, 0.6) is 5.88 Å². The molecule has 2 fully saturated rings. The summed E-state index contributed by atoms with van der Waals surface area (Å²) in [5.41, 5.74) is 1.10. The Morgan fingerprint density at radius 1 is 1.06 bits per heavy atom. The molecule has 8 heteroatoms. The van der Waals surface area contributed by atoms with Crippen LogP contribution in [0.15, 0.2) is 61.1 Å². The van der Waals surface area contributed by atoms with E-state index >= 15 is 0 Å². The van der Waals surface area contributed by atoms with Gasteiger partial charge in [0.05, 0.1) is 11.6 Å². The summed E-state index contributed by atoms with van der Waals surface area (Å²) in [6, 6.07) is 11.8. The maximum atomic E-state index is 13.7. The second-order valence-electron chi connectivity index (χ2n) is 8.26. The first kappa shape index (κ1) is 20.5. The zero-order valence-electron chi connectivity index (χ0n) is 17.4. The number of benzene rings is 1. The quantitative estimate of drug-likeness (QED) is 0.587. The second kappa shape index (κ2) is 8.26. The van der Waals surface area contributed by atoms with Gasteiger partial charge in [0.25, 0.3) is 12.3 Å². The lowest BCUT2D eigenvalue weighted by molar-refractivity contribution is 0.0314. The average Bonchev–Trinajstić information content (AvgIpc) is 3.37. The van der Waals surface area contributed by atoms with Crippen LogP contribution >= 0.6 is 0 Å². The number of nitrogens with zero attached hydrogens (tertiary/aromatic N) is 4. The molecule has 2 aromatic heterocycles. The van der Waals surface area contributed by atoms with E-state index in [2.05, 4.69) is 21.9 Å². The van der Waals surface area contributed by atoms with Gasteiger partial charge in [-0.05, 0) is 43.9 Å². The van der Waals surface area contributed by atoms with Gasteiger partial charge in [-0.1, -0.05) is 18.2 Å². The number of hydrogen-bond acceptors (Lipinski definition) is 5. The standard InChI is InChI=1S/C24H22F2N4O2/c1-14-16-11-19(20(12-16)32-21-8-7-15(13-29-21)22(25)26)30(14)24(31)18-6-3-2-5-17(18)23-27-9-4-10-28-23/h2-10,13-14,16,19-20,22H,11-12H2,1H3/t14-,16-,19+,20-/m1/s1. The highest BCUT2D eigenvalue weighted by Crippen LogP contribution is 2.45. The zero-order valence-corrected chi connectivity index (χ0v) is 17.4. The topological polar surface area (TPSA) is 68.2 Å². The van der Waals surface area contributed by atoms with Crippen molar-refractivity contribution in [1.29, 1.82) is 0 Å². The van der Waals surface area contributed by atoms with E-state index in [0.29, 0.717) is 28.7 Å². The third kappa shape index (κ3) is 3.59. The van der Waals surface area contributed by atoms with Crippen LogP contribution in [0.2, 0.25) is 0 Å². The maximum Gasteiger partial charge on any atom is 0.265 e. The van der Waals surface area contributed by atoms with Crippen LogP contribution in [0.25, 0.3) is 11.4 Å². The number of pyridine rings is 1. The number of fused-ring (bicyclic) bond motifs is 2. The number of halogens is 2. The van der Waals surface area contributed by atoms with Crippen LogP contribution in [0, 0.1) is 5.92 Å². The molecule has 164 valence electrons. The lowest BCUT2D eigenvalue weighted by Gasteiger charge is -2.38. The van der Waals surface area contributed by atoms with Gasteiger partial charge in [0, 0.05) is 41.8 Å². The minimum absolute atomic E-state index is 0.0752. The van der Waals surface area contributed by atoms with Crippen molar-refractivity contribution in [3.63, 3.8) is 0 Å². The Morgan fingerprint density at radius 3 is 2.53 bits per heavy atom. The molecule has 0 spiro atoms. The van der Waals surface area contributed by atoms with E-state index in [-0.39, 0.29) is 29.7 Å². The van der Waals surface area contributed by atoms with Gasteiger partial charge in [0.2, 0.25) is 5.88 Å². The van der Waals surface area contributed by atoms with E-state index in [1.54, 1.807) is 24.5 Å². The van der Waals surface area contributed by atoms with E-state index in [4.69, 9.17) is 4.74 Å². The number of alkyl halides is 2. The van der Waals surface area contributed by atoms with Crippen LogP contribution in [0.3, 0.4) is 0 Å². The molecule has 1 aliphatic carbocycles. The van der Waals surface area contributed by atoms with Gasteiger partial charge < -0.3 is 9.64 Å². The third-order valence-electron chi connectivity index (χ3n) is 6.47. The highest BCUT2D eigenvalue weighted by Gasteiger charge is 2.52. The summed E-state index contributed by atoms with van der Waals surface area (Å²) in [7, 11) is 0. The summed E-state index contributed by atoms with van der Waals surface area (Å²) >= 11 is 0. The summed E-state index contributed by atoms with van der Waals surface area (Å²) in [5.74, 6) is 1.03. The number of rotatable bonds is 5. The number of carbonyl (C=O) groups excluding carboxylic acids is 1. The zero-order chi connectivity index (χ0) is 22.2. The Balaban J connectivity index is 1.39. The smallest absolute Gasteiger partial charge is 0.265 e. The minimum atomic E-state index is -2.57. The SMILES string of the molecule is C[C@@H]1[C@H]2C[C@@H](Oc3ccc(C(F)F)cn3)[C@H](C2)N1C(=O)c1ccccc1-c1ncccn1. The van der Waals surface area contributed by atoms with Crippen molar-refractivity contribution < 1.29 is 18.3 Å². The number of carbonyl (C=O) groups is 1. The summed E-state index contributed by atoms with van der Waals surface area (Å²) in [4.78, 5) is 28.2. The van der Waals surface area contributed by atoms with Crippen molar-refractivity contribution in [1.82, 2.24) is 19.9 Å². The Morgan fingerprint density at radius 2 is 1.84 bits per heavy atom. The Bertz CT molecular complexity index is 1110. The predicted octanol–water partition coefficient (Wildman–Crippen LogP) is 4.55. The molecule has 32 heavy (non-hydrogen) atoms. The normalized spacial score (nSPS) is 24.2. The average molecular weight is 436 g/mol. The van der Waals surface area contributed by atoms with Crippen LogP contribution in [-0.4, -0.2) is 43.9 Å². The molecule has 0 unspecified atom stereocenters. The van der Waals surface area contributed by atoms with E-state index in [9.17, 15) is 13.6 Å². The molecular formula is C24H22F2N4O2. The highest BCUT2D eigenvalue weighted by molar-refractivity contribution is 6.00. The van der Waals surface area contributed by atoms with E-state index in [1.807, 2.05) is 23.1 Å². The number of hydrogen-bond donors (Lipinski definition) is 0. The molecule has 2 aliphatic rings. The summed E-state index contributed by atoms with van der Waals surface area (Å²) < 4.78 is 31.6. The highest BCUT2D eigenvalue weighted by atomic mass is 19.3. The second-order valence-corrected chi connectivity index (χ2v) is 8.26. The first-order chi connectivity index (χ1) is 15.5. The molecule has 3 heterocycles. The van der Waals surface area contributed by atoms with Gasteiger partial charge in [-0.15, -0.1) is 0 Å². The van der Waals surface area contributed by atoms with Crippen LogP contribution in [0.4, 0.5) is 8.78 Å². The molecule has 3 aromatic rings. The molecule has 1 saturated carbocycles. The van der Waals surface area contributed by atoms with Gasteiger partial charge in [-0.2, -0.15) is 0 Å². The fraction of sp³-hybridized carbons (Fsp3) is 0.333. The van der Waals surface area contributed by atoms with Gasteiger partial charge in [0.15, 0.2) is 5.82 Å². The first-order valence-electron chi connectivity index (χ1n) is 10.6. The molecule has 0 radical (unpaired) electrons. The van der Waals surface area contributed by atoms with Crippen LogP contribution < -0.4 is 4.74 Å².